The summed E-state index contributed by atoms with van der Waals surface area (Å²) in [6, 6.07) is 12.6. The summed E-state index contributed by atoms with van der Waals surface area (Å²) >= 11 is 1.72. The second kappa shape index (κ2) is 8.26. The summed E-state index contributed by atoms with van der Waals surface area (Å²) in [7, 11) is 3.62. The van der Waals surface area contributed by atoms with Crippen LogP contribution in [0, 0.1) is 5.41 Å². The molecule has 0 aliphatic carbocycles. The van der Waals surface area contributed by atoms with Crippen molar-refractivity contribution in [1.82, 2.24) is 9.80 Å². The summed E-state index contributed by atoms with van der Waals surface area (Å²) in [6.45, 7) is 3.15. The zero-order valence-electron chi connectivity index (χ0n) is 16.4. The van der Waals surface area contributed by atoms with E-state index in [2.05, 4.69) is 41.8 Å². The van der Waals surface area contributed by atoms with E-state index in [9.17, 15) is 9.59 Å². The third-order valence-electron chi connectivity index (χ3n) is 5.37. The Morgan fingerprint density at radius 2 is 2.04 bits per heavy atom. The zero-order chi connectivity index (χ0) is 19.4. The van der Waals surface area contributed by atoms with Crippen LogP contribution in [0.3, 0.4) is 0 Å². The van der Waals surface area contributed by atoms with E-state index in [4.69, 9.17) is 0 Å². The number of carbonyl (C=O) groups is 2. The minimum Gasteiger partial charge on any atom is -0.348 e. The number of nitrogens with zero attached hydrogens (tertiary/aromatic N) is 2. The van der Waals surface area contributed by atoms with Crippen LogP contribution in [0.5, 0.6) is 0 Å². The van der Waals surface area contributed by atoms with Crippen LogP contribution in [-0.2, 0) is 16.0 Å². The van der Waals surface area contributed by atoms with Crippen molar-refractivity contribution in [2.45, 2.75) is 32.6 Å². The largest absolute Gasteiger partial charge is 0.348 e. The van der Waals surface area contributed by atoms with E-state index in [0.29, 0.717) is 19.4 Å². The molecule has 5 heteroatoms. The summed E-state index contributed by atoms with van der Waals surface area (Å²) in [6.07, 6.45) is 2.84. The van der Waals surface area contributed by atoms with E-state index < -0.39 is 5.41 Å². The van der Waals surface area contributed by atoms with Gasteiger partial charge >= 0.3 is 0 Å². The van der Waals surface area contributed by atoms with Crippen molar-refractivity contribution in [3.63, 3.8) is 0 Å². The van der Waals surface area contributed by atoms with Crippen LogP contribution in [-0.4, -0.2) is 48.8 Å². The average Bonchev–Trinajstić information content (AvgIpc) is 3.22. The zero-order valence-corrected chi connectivity index (χ0v) is 17.2. The predicted octanol–water partition coefficient (Wildman–Crippen LogP) is 4.06. The second-order valence-corrected chi connectivity index (χ2v) is 8.55. The van der Waals surface area contributed by atoms with Gasteiger partial charge in [0.1, 0.15) is 0 Å². The lowest BCUT2D eigenvalue weighted by molar-refractivity contribution is -0.147. The molecule has 1 fully saturated rings. The van der Waals surface area contributed by atoms with Gasteiger partial charge in [0.2, 0.25) is 11.8 Å². The average molecular weight is 385 g/mol. The number of thiophene rings is 1. The van der Waals surface area contributed by atoms with Gasteiger partial charge in [0.05, 0.1) is 5.41 Å². The molecule has 27 heavy (non-hydrogen) atoms. The van der Waals surface area contributed by atoms with Crippen LogP contribution >= 0.6 is 11.3 Å². The SMILES string of the molecule is CCC(=O)N1CCCC(Cc2cccc(-c3cccs3)c2)(C(=O)N(C)C)C1. The van der Waals surface area contributed by atoms with Gasteiger partial charge in [-0.05, 0) is 41.8 Å². The van der Waals surface area contributed by atoms with Crippen LogP contribution in [0.15, 0.2) is 41.8 Å². The molecule has 3 rings (SSSR count). The fourth-order valence-electron chi connectivity index (χ4n) is 4.11. The third-order valence-corrected chi connectivity index (χ3v) is 6.29. The lowest BCUT2D eigenvalue weighted by Crippen LogP contribution is -2.54. The van der Waals surface area contributed by atoms with Gasteiger partial charge in [0, 0.05) is 38.5 Å². The molecule has 0 N–H and O–H groups in total. The highest BCUT2D eigenvalue weighted by Gasteiger charge is 2.44. The fraction of sp³-hybridized carbons (Fsp3) is 0.455. The molecule has 1 aliphatic rings. The number of hydrogen-bond acceptors (Lipinski definition) is 3. The Balaban J connectivity index is 1.92. The highest BCUT2D eigenvalue weighted by molar-refractivity contribution is 7.13. The van der Waals surface area contributed by atoms with Gasteiger partial charge in [0.15, 0.2) is 0 Å². The maximum atomic E-state index is 13.2. The van der Waals surface area contributed by atoms with Crippen LogP contribution in [0.1, 0.15) is 31.7 Å². The van der Waals surface area contributed by atoms with E-state index in [1.165, 1.54) is 10.4 Å². The Hall–Kier alpha value is -2.14. The van der Waals surface area contributed by atoms with Crippen molar-refractivity contribution in [3.05, 3.63) is 47.3 Å². The smallest absolute Gasteiger partial charge is 0.230 e. The first-order valence-corrected chi connectivity index (χ1v) is 10.5. The molecule has 2 aromatic rings. The molecule has 0 saturated carbocycles. The summed E-state index contributed by atoms with van der Waals surface area (Å²) in [5, 5.41) is 2.08. The molecule has 1 aliphatic heterocycles. The van der Waals surface area contributed by atoms with E-state index >= 15 is 0 Å². The maximum Gasteiger partial charge on any atom is 0.230 e. The van der Waals surface area contributed by atoms with Crippen LogP contribution in [0.25, 0.3) is 10.4 Å². The molecule has 2 heterocycles. The molecule has 1 aromatic heterocycles. The lowest BCUT2D eigenvalue weighted by Gasteiger charge is -2.43. The van der Waals surface area contributed by atoms with Crippen LogP contribution < -0.4 is 0 Å². The molecule has 0 spiro atoms. The van der Waals surface area contributed by atoms with Crippen molar-refractivity contribution in [2.75, 3.05) is 27.2 Å². The Morgan fingerprint density at radius 3 is 2.70 bits per heavy atom. The Kier molecular flexibility index (Phi) is 6.00. The first-order chi connectivity index (χ1) is 12.9. The minimum absolute atomic E-state index is 0.123. The van der Waals surface area contributed by atoms with E-state index in [1.54, 1.807) is 16.2 Å². The van der Waals surface area contributed by atoms with Crippen molar-refractivity contribution in [2.24, 2.45) is 5.41 Å². The van der Waals surface area contributed by atoms with Gasteiger partial charge in [-0.3, -0.25) is 9.59 Å². The maximum absolute atomic E-state index is 13.2. The van der Waals surface area contributed by atoms with Crippen LogP contribution in [0.4, 0.5) is 0 Å². The molecule has 1 atom stereocenters. The van der Waals surface area contributed by atoms with Gasteiger partial charge < -0.3 is 9.80 Å². The van der Waals surface area contributed by atoms with Crippen molar-refractivity contribution in [1.29, 1.82) is 0 Å². The predicted molar refractivity (Wildman–Crippen MR) is 111 cm³/mol. The number of hydrogen-bond donors (Lipinski definition) is 0. The van der Waals surface area contributed by atoms with Gasteiger partial charge in [-0.2, -0.15) is 0 Å². The quantitative estimate of drug-likeness (QED) is 0.780. The first kappa shape index (κ1) is 19.6. The van der Waals surface area contributed by atoms with E-state index in [1.807, 2.05) is 25.9 Å². The third kappa shape index (κ3) is 4.24. The number of piperidine rings is 1. The summed E-state index contributed by atoms with van der Waals surface area (Å²) in [4.78, 5) is 30.3. The number of benzene rings is 1. The molecule has 0 bridgehead atoms. The van der Waals surface area contributed by atoms with Crippen molar-refractivity contribution in [3.8, 4) is 10.4 Å². The monoisotopic (exact) mass is 384 g/mol. The standard InChI is InChI=1S/C22H28N2O2S/c1-4-20(25)24-12-7-11-22(16-24,21(26)23(2)3)15-17-8-5-9-18(14-17)19-10-6-13-27-19/h5-6,8-10,13-14H,4,7,11-12,15-16H2,1-3H3. The molecule has 1 aromatic carbocycles. The van der Waals surface area contributed by atoms with Gasteiger partial charge in [-0.25, -0.2) is 0 Å². The molecular weight excluding hydrogens is 356 g/mol. The molecule has 1 unspecified atom stereocenters. The Labute approximate surface area is 165 Å². The first-order valence-electron chi connectivity index (χ1n) is 9.57. The molecule has 4 nitrogen and oxygen atoms in total. The second-order valence-electron chi connectivity index (χ2n) is 7.61. The van der Waals surface area contributed by atoms with Gasteiger partial charge in [0.25, 0.3) is 0 Å². The number of amides is 2. The van der Waals surface area contributed by atoms with E-state index in [0.717, 1.165) is 24.9 Å². The molecule has 2 amide bonds. The molecule has 0 radical (unpaired) electrons. The van der Waals surface area contributed by atoms with Gasteiger partial charge in [-0.15, -0.1) is 11.3 Å². The minimum atomic E-state index is -0.541. The summed E-state index contributed by atoms with van der Waals surface area (Å²) < 4.78 is 0. The normalized spacial score (nSPS) is 19.7. The van der Waals surface area contributed by atoms with Crippen molar-refractivity contribution >= 4 is 23.2 Å². The lowest BCUT2D eigenvalue weighted by atomic mass is 9.73. The van der Waals surface area contributed by atoms with E-state index in [-0.39, 0.29) is 11.8 Å². The summed E-state index contributed by atoms with van der Waals surface area (Å²) in [5.41, 5.74) is 1.80. The van der Waals surface area contributed by atoms with Crippen molar-refractivity contribution < 1.29 is 9.59 Å². The topological polar surface area (TPSA) is 40.6 Å². The molecular formula is C22H28N2O2S. The van der Waals surface area contributed by atoms with Crippen LogP contribution in [0.2, 0.25) is 0 Å². The summed E-state index contributed by atoms with van der Waals surface area (Å²) in [5.74, 6) is 0.260. The highest BCUT2D eigenvalue weighted by Crippen LogP contribution is 2.37. The Morgan fingerprint density at radius 1 is 1.22 bits per heavy atom. The molecule has 1 saturated heterocycles. The fourth-order valence-corrected chi connectivity index (χ4v) is 4.83. The Bertz CT molecular complexity index is 800. The van der Waals surface area contributed by atoms with Gasteiger partial charge in [-0.1, -0.05) is 37.3 Å². The highest BCUT2D eigenvalue weighted by atomic mass is 32.1. The molecule has 144 valence electrons. The number of carbonyl (C=O) groups excluding carboxylic acids is 2. The number of rotatable bonds is 5. The number of likely N-dealkylation sites (tertiary alicyclic amines) is 1.